The van der Waals surface area contributed by atoms with E-state index < -0.39 is 13.8 Å². The number of fused-ring (bicyclic) bond motifs is 2. The maximum Gasteiger partial charge on any atom is -1.00 e. The summed E-state index contributed by atoms with van der Waals surface area (Å²) in [5.74, 6) is 0. The molecule has 0 amide bonds. The van der Waals surface area contributed by atoms with Gasteiger partial charge in [-0.2, -0.15) is 0 Å². The van der Waals surface area contributed by atoms with Crippen LogP contribution in [0.4, 0.5) is 11.4 Å². The molecule has 2 aromatic carbocycles. The van der Waals surface area contributed by atoms with E-state index in [1.807, 2.05) is 0 Å². The molecule has 17 heavy (non-hydrogen) atoms. The van der Waals surface area contributed by atoms with Crippen LogP contribution in [0.2, 0.25) is 5.71 Å². The summed E-state index contributed by atoms with van der Waals surface area (Å²) in [7, 11) is 0. The Labute approximate surface area is 110 Å². The van der Waals surface area contributed by atoms with Gasteiger partial charge in [0.25, 0.3) is 0 Å². The van der Waals surface area contributed by atoms with Crippen molar-refractivity contribution >= 4 is 33.9 Å². The minimum atomic E-state index is -2.37. The van der Waals surface area contributed by atoms with Crippen molar-refractivity contribution in [3.63, 3.8) is 0 Å². The maximum atomic E-state index is 6.63. The number of nitrogens with one attached hydrogen (secondary N) is 1. The van der Waals surface area contributed by atoms with Crippen molar-refractivity contribution in [1.29, 1.82) is 0 Å². The van der Waals surface area contributed by atoms with Crippen LogP contribution in [0.15, 0.2) is 48.5 Å². The van der Waals surface area contributed by atoms with Gasteiger partial charge in [0, 0.05) is 0 Å². The first kappa shape index (κ1) is 12.5. The molecule has 0 bridgehead atoms. The molecule has 0 spiro atoms. The number of hydrogen-bond acceptors (Lipinski definition) is 2. The molecular formula is C13H14AsClN2. The van der Waals surface area contributed by atoms with E-state index in [1.165, 1.54) is 20.1 Å². The number of hydrogen-bond donors (Lipinski definition) is 2. The zero-order valence-electron chi connectivity index (χ0n) is 9.52. The van der Waals surface area contributed by atoms with E-state index in [4.69, 9.17) is 4.65 Å². The molecule has 0 aliphatic carbocycles. The molecule has 0 saturated carbocycles. The van der Waals surface area contributed by atoms with E-state index in [0.29, 0.717) is 0 Å². The molecule has 0 radical (unpaired) electrons. The monoisotopic (exact) mass is 308 g/mol. The van der Waals surface area contributed by atoms with Gasteiger partial charge in [0.1, 0.15) is 0 Å². The summed E-state index contributed by atoms with van der Waals surface area (Å²) < 4.78 is 9.27. The Hall–Kier alpha value is -0.952. The number of para-hydroxylation sites is 2. The molecule has 2 aromatic rings. The predicted octanol–water partition coefficient (Wildman–Crippen LogP) is -1.60. The van der Waals surface area contributed by atoms with Gasteiger partial charge in [-0.05, 0) is 0 Å². The van der Waals surface area contributed by atoms with Gasteiger partial charge in [0.05, 0.1) is 0 Å². The summed E-state index contributed by atoms with van der Waals surface area (Å²) in [6.45, 7) is 0. The van der Waals surface area contributed by atoms with Gasteiger partial charge < -0.3 is 12.4 Å². The first-order chi connectivity index (χ1) is 7.69. The minimum Gasteiger partial charge on any atom is -1.00 e. The molecule has 4 heteroatoms. The number of halogens is 1. The molecule has 1 aliphatic heterocycles. The van der Waals surface area contributed by atoms with Crippen LogP contribution in [0.1, 0.15) is 0 Å². The standard InChI is InChI=1S/C13H14AsN2.ClH/c1-14(15)10-6-2-4-8-12(10)16-13-9-5-3-7-11(13)14;/h2-9,16H,15H2,1H3;1H/q+1;/p-1. The van der Waals surface area contributed by atoms with Crippen LogP contribution in [0, 0.1) is 0 Å². The summed E-state index contributed by atoms with van der Waals surface area (Å²) in [5, 5.41) is 3.46. The molecule has 0 fully saturated rings. The van der Waals surface area contributed by atoms with E-state index in [9.17, 15) is 0 Å². The Morgan fingerprint density at radius 2 is 1.29 bits per heavy atom. The van der Waals surface area contributed by atoms with Gasteiger partial charge in [0.15, 0.2) is 0 Å². The van der Waals surface area contributed by atoms with Crippen LogP contribution >= 0.6 is 0 Å². The quantitative estimate of drug-likeness (QED) is 0.575. The molecule has 1 aliphatic rings. The Bertz CT molecular complexity index is 507. The van der Waals surface area contributed by atoms with E-state index >= 15 is 0 Å². The van der Waals surface area contributed by atoms with E-state index in [-0.39, 0.29) is 12.4 Å². The van der Waals surface area contributed by atoms with Crippen molar-refractivity contribution in [3.05, 3.63) is 48.5 Å². The van der Waals surface area contributed by atoms with Crippen molar-refractivity contribution in [2.24, 2.45) is 4.65 Å². The molecule has 0 saturated heterocycles. The Kier molecular flexibility index (Phi) is 3.22. The number of anilines is 2. The maximum absolute atomic E-state index is 6.63. The average molecular weight is 309 g/mol. The third-order valence-corrected chi connectivity index (χ3v) is 8.91. The number of rotatable bonds is 0. The van der Waals surface area contributed by atoms with Crippen molar-refractivity contribution < 1.29 is 12.4 Å². The van der Waals surface area contributed by atoms with Crippen LogP contribution in [0.5, 0.6) is 0 Å². The fraction of sp³-hybridized carbons (Fsp3) is 0.0769. The first-order valence-corrected chi connectivity index (χ1v) is 10.1. The molecule has 3 N–H and O–H groups in total. The van der Waals surface area contributed by atoms with Crippen molar-refractivity contribution in [2.75, 3.05) is 5.32 Å². The Morgan fingerprint density at radius 1 is 0.882 bits per heavy atom. The largest absolute Gasteiger partial charge is 1.00 e. The molecule has 1 heterocycles. The molecule has 0 atom stereocenters. The summed E-state index contributed by atoms with van der Waals surface area (Å²) in [5.41, 5.74) is 4.59. The van der Waals surface area contributed by atoms with Gasteiger partial charge in [-0.15, -0.1) is 0 Å². The Balaban J connectivity index is 0.00000108. The normalized spacial score (nSPS) is 14.9. The topological polar surface area (TPSA) is 38.0 Å². The molecule has 88 valence electrons. The van der Waals surface area contributed by atoms with Crippen LogP contribution in [-0.2, 0) is 0 Å². The molecule has 3 rings (SSSR count). The zero-order valence-corrected chi connectivity index (χ0v) is 12.2. The predicted molar refractivity (Wildman–Crippen MR) is 71.2 cm³/mol. The van der Waals surface area contributed by atoms with Gasteiger partial charge in [-0.3, -0.25) is 0 Å². The first-order valence-electron chi connectivity index (χ1n) is 5.31. The smallest absolute Gasteiger partial charge is 1.00 e. The second kappa shape index (κ2) is 4.38. The van der Waals surface area contributed by atoms with Crippen molar-refractivity contribution in [1.82, 2.24) is 0 Å². The third kappa shape index (κ3) is 1.87. The fourth-order valence-electron chi connectivity index (χ4n) is 2.24. The van der Waals surface area contributed by atoms with Gasteiger partial charge in [-0.1, -0.05) is 0 Å². The number of benzene rings is 2. The van der Waals surface area contributed by atoms with Crippen LogP contribution in [0.25, 0.3) is 0 Å². The van der Waals surface area contributed by atoms with Gasteiger partial charge in [-0.25, -0.2) is 0 Å². The summed E-state index contributed by atoms with van der Waals surface area (Å²) in [6, 6.07) is 16.8. The van der Waals surface area contributed by atoms with Crippen LogP contribution < -0.4 is 31.1 Å². The fourth-order valence-corrected chi connectivity index (χ4v) is 7.10. The summed E-state index contributed by atoms with van der Waals surface area (Å²) in [4.78, 5) is 0. The van der Waals surface area contributed by atoms with E-state index in [2.05, 4.69) is 59.6 Å². The second-order valence-electron chi connectivity index (χ2n) is 4.23. The summed E-state index contributed by atoms with van der Waals surface area (Å²) >= 11 is -2.37. The van der Waals surface area contributed by atoms with Crippen molar-refractivity contribution in [2.45, 2.75) is 5.71 Å². The molecular weight excluding hydrogens is 295 g/mol. The average Bonchev–Trinajstić information content (AvgIpc) is 2.29. The van der Waals surface area contributed by atoms with Gasteiger partial charge in [0.2, 0.25) is 0 Å². The zero-order chi connectivity index (χ0) is 11.2. The van der Waals surface area contributed by atoms with Gasteiger partial charge >= 0.3 is 98.1 Å². The SMILES string of the molecule is C[As+]1(N)c2ccccc2Nc2ccccc21.[Cl-]. The van der Waals surface area contributed by atoms with Crippen LogP contribution in [0.3, 0.4) is 0 Å². The molecule has 0 aromatic heterocycles. The summed E-state index contributed by atoms with van der Waals surface area (Å²) in [6.07, 6.45) is 0. The number of nitrogens with two attached hydrogens (primary N) is 1. The van der Waals surface area contributed by atoms with E-state index in [1.54, 1.807) is 0 Å². The minimum absolute atomic E-state index is 0. The third-order valence-electron chi connectivity index (χ3n) is 3.08. The molecule has 2 nitrogen and oxygen atoms in total. The van der Waals surface area contributed by atoms with Crippen LogP contribution in [-0.4, -0.2) is 13.8 Å². The van der Waals surface area contributed by atoms with Crippen molar-refractivity contribution in [3.8, 4) is 0 Å². The second-order valence-corrected chi connectivity index (χ2v) is 10.8. The Morgan fingerprint density at radius 3 is 1.76 bits per heavy atom. The van der Waals surface area contributed by atoms with E-state index in [0.717, 1.165) is 0 Å². The molecule has 0 unspecified atom stereocenters.